The third-order valence-electron chi connectivity index (χ3n) is 5.24. The first-order chi connectivity index (χ1) is 13.6. The molecule has 1 aliphatic carbocycles. The van der Waals surface area contributed by atoms with E-state index in [1.807, 2.05) is 6.07 Å². The molecule has 0 bridgehead atoms. The highest BCUT2D eigenvalue weighted by Gasteiger charge is 2.27. The number of carbonyl (C=O) groups excluding carboxylic acids is 1. The molecule has 1 aliphatic heterocycles. The second-order valence-corrected chi connectivity index (χ2v) is 7.39. The second kappa shape index (κ2) is 8.00. The summed E-state index contributed by atoms with van der Waals surface area (Å²) in [5.74, 6) is 1.35. The normalized spacial score (nSPS) is 18.1. The van der Waals surface area contributed by atoms with Gasteiger partial charge in [-0.25, -0.2) is 0 Å². The van der Waals surface area contributed by atoms with Gasteiger partial charge in [0.1, 0.15) is 11.9 Å². The maximum Gasteiger partial charge on any atom is 0.247 e. The molecular weight excluding hydrogens is 354 g/mol. The number of carbonyl (C=O) groups is 1. The number of allylic oxidation sites excluding steroid dienone is 1. The number of fused-ring (bicyclic) bond motifs is 1. The van der Waals surface area contributed by atoms with Crippen LogP contribution in [0.1, 0.15) is 36.8 Å². The van der Waals surface area contributed by atoms with Gasteiger partial charge in [-0.1, -0.05) is 12.1 Å². The maximum atomic E-state index is 12.4. The molecule has 28 heavy (non-hydrogen) atoms. The zero-order valence-electron chi connectivity index (χ0n) is 16.3. The summed E-state index contributed by atoms with van der Waals surface area (Å²) < 4.78 is 11.3. The van der Waals surface area contributed by atoms with Crippen molar-refractivity contribution in [2.24, 2.45) is 0 Å². The molecule has 0 fully saturated rings. The first-order valence-corrected chi connectivity index (χ1v) is 9.79. The maximum absolute atomic E-state index is 12.4. The van der Waals surface area contributed by atoms with Crippen molar-refractivity contribution in [3.8, 4) is 22.9 Å². The van der Waals surface area contributed by atoms with Gasteiger partial charge in [-0.3, -0.25) is 4.79 Å². The molecule has 1 N–H and O–H groups in total. The Bertz CT molecular complexity index is 906. The minimum atomic E-state index is -0.0742. The smallest absolute Gasteiger partial charge is 0.247 e. The minimum Gasteiger partial charge on any atom is -0.487 e. The summed E-state index contributed by atoms with van der Waals surface area (Å²) in [6, 6.07) is 7.88. The van der Waals surface area contributed by atoms with E-state index in [0.29, 0.717) is 12.4 Å². The molecule has 1 unspecified atom stereocenters. The molecule has 0 spiro atoms. The van der Waals surface area contributed by atoms with Crippen LogP contribution in [0.2, 0.25) is 0 Å². The molecule has 146 valence electrons. The summed E-state index contributed by atoms with van der Waals surface area (Å²) in [5, 5.41) is 11.4. The summed E-state index contributed by atoms with van der Waals surface area (Å²) in [5.41, 5.74) is 4.87. The first kappa shape index (κ1) is 18.5. The lowest BCUT2D eigenvalue weighted by molar-refractivity contribution is -0.118. The van der Waals surface area contributed by atoms with E-state index in [1.54, 1.807) is 13.2 Å². The molecule has 0 saturated carbocycles. The highest BCUT2D eigenvalue weighted by molar-refractivity contribution is 5.93. The van der Waals surface area contributed by atoms with Crippen LogP contribution in [-0.4, -0.2) is 35.9 Å². The van der Waals surface area contributed by atoms with Gasteiger partial charge < -0.3 is 14.8 Å². The molecule has 1 amide bonds. The van der Waals surface area contributed by atoms with Crippen LogP contribution in [0.3, 0.4) is 0 Å². The quantitative estimate of drug-likeness (QED) is 0.862. The number of hydrogen-bond donors (Lipinski definition) is 1. The largest absolute Gasteiger partial charge is 0.487 e. The van der Waals surface area contributed by atoms with Gasteiger partial charge in [-0.05, 0) is 55.9 Å². The van der Waals surface area contributed by atoms with Gasteiger partial charge in [0.05, 0.1) is 19.3 Å². The molecule has 1 aromatic heterocycles. The standard InChI is InChI=1S/C22H25N3O3/c1-14-10-16-12-17(13-23-22(26)15-6-4-3-5-7-15)28-21(16)18(11-14)19-8-9-20(27-2)25-24-19/h6,8-11,17H,3-5,7,12-13H2,1-2H3,(H,23,26). The number of nitrogens with one attached hydrogen (secondary N) is 1. The van der Waals surface area contributed by atoms with E-state index in [-0.39, 0.29) is 12.0 Å². The van der Waals surface area contributed by atoms with Crippen molar-refractivity contribution in [1.82, 2.24) is 15.5 Å². The van der Waals surface area contributed by atoms with E-state index < -0.39 is 0 Å². The first-order valence-electron chi connectivity index (χ1n) is 9.79. The average Bonchev–Trinajstić information content (AvgIpc) is 3.15. The lowest BCUT2D eigenvalue weighted by Crippen LogP contribution is -2.35. The van der Waals surface area contributed by atoms with Gasteiger partial charge in [-0.15, -0.1) is 10.2 Å². The van der Waals surface area contributed by atoms with E-state index in [9.17, 15) is 4.79 Å². The predicted molar refractivity (Wildman–Crippen MR) is 106 cm³/mol. The zero-order chi connectivity index (χ0) is 19.5. The number of rotatable bonds is 5. The van der Waals surface area contributed by atoms with Crippen molar-refractivity contribution in [3.05, 3.63) is 47.0 Å². The number of benzene rings is 1. The molecule has 1 atom stereocenters. The van der Waals surface area contributed by atoms with E-state index >= 15 is 0 Å². The van der Waals surface area contributed by atoms with Crippen LogP contribution >= 0.6 is 0 Å². The summed E-state index contributed by atoms with van der Waals surface area (Å²) in [6.45, 7) is 2.56. The fourth-order valence-corrected chi connectivity index (χ4v) is 3.83. The van der Waals surface area contributed by atoms with E-state index in [1.165, 1.54) is 6.42 Å². The van der Waals surface area contributed by atoms with E-state index in [0.717, 1.165) is 59.4 Å². The SMILES string of the molecule is COc1ccc(-c2cc(C)cc3c2OC(CNC(=O)C2=CCCCC2)C3)nn1. The number of hydrogen-bond acceptors (Lipinski definition) is 5. The van der Waals surface area contributed by atoms with Crippen LogP contribution in [-0.2, 0) is 11.2 Å². The summed E-state index contributed by atoms with van der Waals surface area (Å²) in [6.07, 6.45) is 6.90. The number of aromatic nitrogens is 2. The Balaban J connectivity index is 1.48. The Morgan fingerprint density at radius 1 is 1.29 bits per heavy atom. The molecule has 0 saturated heterocycles. The minimum absolute atomic E-state index is 0.0386. The lowest BCUT2D eigenvalue weighted by atomic mass is 9.99. The van der Waals surface area contributed by atoms with Gasteiger partial charge in [0, 0.05) is 23.6 Å². The van der Waals surface area contributed by atoms with Crippen molar-refractivity contribution in [2.75, 3.05) is 13.7 Å². The monoisotopic (exact) mass is 379 g/mol. The van der Waals surface area contributed by atoms with Gasteiger partial charge in [0.2, 0.25) is 11.8 Å². The van der Waals surface area contributed by atoms with Crippen LogP contribution in [0.5, 0.6) is 11.6 Å². The summed E-state index contributed by atoms with van der Waals surface area (Å²) in [7, 11) is 1.57. The summed E-state index contributed by atoms with van der Waals surface area (Å²) in [4.78, 5) is 12.4. The number of amides is 1. The lowest BCUT2D eigenvalue weighted by Gasteiger charge is -2.16. The van der Waals surface area contributed by atoms with Crippen LogP contribution < -0.4 is 14.8 Å². The highest BCUT2D eigenvalue weighted by Crippen LogP contribution is 2.39. The highest BCUT2D eigenvalue weighted by atomic mass is 16.5. The van der Waals surface area contributed by atoms with Crippen molar-refractivity contribution < 1.29 is 14.3 Å². The number of ether oxygens (including phenoxy) is 2. The molecule has 2 aromatic rings. The predicted octanol–water partition coefficient (Wildman–Crippen LogP) is 3.38. The summed E-state index contributed by atoms with van der Waals surface area (Å²) >= 11 is 0. The third-order valence-corrected chi connectivity index (χ3v) is 5.24. The third kappa shape index (κ3) is 3.86. The molecule has 1 aromatic carbocycles. The fraction of sp³-hybridized carbons (Fsp3) is 0.409. The Kier molecular flexibility index (Phi) is 5.28. The Morgan fingerprint density at radius 2 is 2.18 bits per heavy atom. The number of nitrogens with zero attached hydrogens (tertiary/aromatic N) is 2. The molecule has 6 nitrogen and oxygen atoms in total. The van der Waals surface area contributed by atoms with Crippen LogP contribution in [0.25, 0.3) is 11.3 Å². The molecule has 4 rings (SSSR count). The number of aryl methyl sites for hydroxylation is 1. The Labute approximate surface area is 165 Å². The average molecular weight is 379 g/mol. The van der Waals surface area contributed by atoms with Crippen LogP contribution in [0, 0.1) is 6.92 Å². The zero-order valence-corrected chi connectivity index (χ0v) is 16.3. The van der Waals surface area contributed by atoms with Crippen LogP contribution in [0.4, 0.5) is 0 Å². The van der Waals surface area contributed by atoms with E-state index in [2.05, 4.69) is 40.6 Å². The number of methoxy groups -OCH3 is 1. The fourth-order valence-electron chi connectivity index (χ4n) is 3.83. The van der Waals surface area contributed by atoms with Gasteiger partial charge in [0.15, 0.2) is 0 Å². The molecule has 2 aliphatic rings. The van der Waals surface area contributed by atoms with Gasteiger partial charge in [0.25, 0.3) is 0 Å². The Morgan fingerprint density at radius 3 is 2.89 bits per heavy atom. The topological polar surface area (TPSA) is 73.3 Å². The van der Waals surface area contributed by atoms with Crippen molar-refractivity contribution in [2.45, 2.75) is 45.1 Å². The van der Waals surface area contributed by atoms with Gasteiger partial charge >= 0.3 is 0 Å². The second-order valence-electron chi connectivity index (χ2n) is 7.39. The van der Waals surface area contributed by atoms with Crippen LogP contribution in [0.15, 0.2) is 35.9 Å². The Hall–Kier alpha value is -2.89. The van der Waals surface area contributed by atoms with Crippen molar-refractivity contribution in [1.29, 1.82) is 0 Å². The molecule has 6 heteroatoms. The van der Waals surface area contributed by atoms with Crippen molar-refractivity contribution >= 4 is 5.91 Å². The molecule has 0 radical (unpaired) electrons. The van der Waals surface area contributed by atoms with Crippen molar-refractivity contribution in [3.63, 3.8) is 0 Å². The molecular formula is C22H25N3O3. The van der Waals surface area contributed by atoms with Gasteiger partial charge in [-0.2, -0.15) is 0 Å². The molecule has 2 heterocycles. The van der Waals surface area contributed by atoms with E-state index in [4.69, 9.17) is 9.47 Å².